The van der Waals surface area contributed by atoms with Crippen molar-refractivity contribution >= 4 is 33.8 Å². The highest BCUT2D eigenvalue weighted by molar-refractivity contribution is 7.90. The van der Waals surface area contributed by atoms with Crippen molar-refractivity contribution in [2.24, 2.45) is 21.8 Å². The maximum atomic E-state index is 13.5. The van der Waals surface area contributed by atoms with Gasteiger partial charge in [0.25, 0.3) is 10.0 Å². The van der Waals surface area contributed by atoms with Crippen LogP contribution in [-0.4, -0.2) is 107 Å². The molecule has 318 valence electrons. The summed E-state index contributed by atoms with van der Waals surface area (Å²) in [6.07, 6.45) is 4.32. The summed E-state index contributed by atoms with van der Waals surface area (Å²) in [6.45, 7) is 12.9. The number of likely N-dealkylation sites (N-methyl/N-ethyl adjacent to an activating group) is 2. The minimum Gasteiger partial charge on any atom is -0.493 e. The van der Waals surface area contributed by atoms with Crippen molar-refractivity contribution in [2.75, 3.05) is 46.9 Å². The van der Waals surface area contributed by atoms with Crippen molar-refractivity contribution < 1.29 is 37.0 Å². The molecule has 2 aromatic rings. The van der Waals surface area contributed by atoms with Gasteiger partial charge in [-0.05, 0) is 121 Å². The Hall–Kier alpha value is -4.41. The quantitative estimate of drug-likeness (QED) is 0.130. The van der Waals surface area contributed by atoms with Crippen LogP contribution in [-0.2, 0) is 37.9 Å². The molecule has 2 aliphatic carbocycles. The number of hydrogen-bond acceptors (Lipinski definition) is 10. The summed E-state index contributed by atoms with van der Waals surface area (Å²) in [5.74, 6) is 1.52. The van der Waals surface area contributed by atoms with Crippen LogP contribution in [0, 0.1) is 26.7 Å². The van der Waals surface area contributed by atoms with Crippen molar-refractivity contribution in [1.29, 1.82) is 0 Å². The maximum absolute atomic E-state index is 13.5. The zero-order valence-electron chi connectivity index (χ0n) is 35.2. The molecule has 1 saturated carbocycles. The first-order valence-electron chi connectivity index (χ1n) is 20.4. The van der Waals surface area contributed by atoms with E-state index in [-0.39, 0.29) is 47.6 Å². The number of piperidine rings is 1. The second-order valence-corrected chi connectivity index (χ2v) is 18.6. The summed E-state index contributed by atoms with van der Waals surface area (Å²) in [4.78, 5) is 43.3. The maximum Gasteiger partial charge on any atom is 0.415 e. The molecule has 2 heterocycles. The van der Waals surface area contributed by atoms with E-state index in [2.05, 4.69) is 27.0 Å². The number of likely N-dealkylation sites (tertiary alicyclic amines) is 1. The highest BCUT2D eigenvalue weighted by Gasteiger charge is 2.56. The molecule has 2 bridgehead atoms. The number of carbonyl (C=O) groups excluding carboxylic acids is 3. The molecule has 2 fully saturated rings. The number of nitrogens with zero attached hydrogens (tertiary/aromatic N) is 3. The molecular weight excluding hydrogens is 763 g/mol. The first-order chi connectivity index (χ1) is 27.3. The summed E-state index contributed by atoms with van der Waals surface area (Å²) in [5, 5.41) is 5.62. The van der Waals surface area contributed by atoms with E-state index in [1.807, 2.05) is 33.8 Å². The number of ketones is 1. The number of ether oxygens (including phenoxy) is 3. The largest absolute Gasteiger partial charge is 0.493 e. The molecular formula is C42H61N7O8S. The highest BCUT2D eigenvalue weighted by Crippen LogP contribution is 2.58. The van der Waals surface area contributed by atoms with E-state index in [1.165, 1.54) is 4.90 Å². The van der Waals surface area contributed by atoms with Crippen LogP contribution in [0.1, 0.15) is 92.7 Å². The van der Waals surface area contributed by atoms with Gasteiger partial charge in [0.2, 0.25) is 11.9 Å². The Labute approximate surface area is 342 Å². The molecule has 6 N–H and O–H groups in total. The fraction of sp³-hybridized carbons (Fsp3) is 0.619. The van der Waals surface area contributed by atoms with Crippen LogP contribution in [0.3, 0.4) is 0 Å². The Kier molecular flexibility index (Phi) is 12.4. The number of Topliss-reactive ketones (excluding diaryl/α,β-unsaturated/α-hetero) is 1. The molecule has 1 unspecified atom stereocenters. The summed E-state index contributed by atoms with van der Waals surface area (Å²) >= 11 is 0. The van der Waals surface area contributed by atoms with Gasteiger partial charge in [-0.1, -0.05) is 6.07 Å². The number of guanidine groups is 1. The zero-order valence-corrected chi connectivity index (χ0v) is 36.1. The van der Waals surface area contributed by atoms with Gasteiger partial charge < -0.3 is 46.1 Å². The molecule has 0 radical (unpaired) electrons. The average molecular weight is 824 g/mol. The fourth-order valence-electron chi connectivity index (χ4n) is 9.86. The fourth-order valence-corrected chi connectivity index (χ4v) is 11.3. The lowest BCUT2D eigenvalue weighted by atomic mass is 9.52. The highest BCUT2D eigenvalue weighted by atomic mass is 32.2. The van der Waals surface area contributed by atoms with Crippen molar-refractivity contribution in [3.8, 4) is 17.2 Å². The van der Waals surface area contributed by atoms with E-state index in [1.54, 1.807) is 27.0 Å². The van der Waals surface area contributed by atoms with E-state index in [9.17, 15) is 22.8 Å². The van der Waals surface area contributed by atoms with Gasteiger partial charge in [0, 0.05) is 68.0 Å². The predicted molar refractivity (Wildman–Crippen MR) is 221 cm³/mol. The monoisotopic (exact) mass is 823 g/mol. The van der Waals surface area contributed by atoms with Gasteiger partial charge in [-0.2, -0.15) is 8.42 Å². The number of fused-ring (bicyclic) bond motifs is 2. The molecule has 6 rings (SSSR count). The lowest BCUT2D eigenvalue weighted by Crippen LogP contribution is -2.61. The van der Waals surface area contributed by atoms with Crippen LogP contribution in [0.2, 0.25) is 0 Å². The molecule has 0 spiro atoms. The summed E-state index contributed by atoms with van der Waals surface area (Å²) in [5.41, 5.74) is 16.4. The third-order valence-corrected chi connectivity index (χ3v) is 14.4. The number of sulfonamides is 1. The number of rotatable bonds is 13. The normalized spacial score (nSPS) is 22.8. The third-order valence-electron chi connectivity index (χ3n) is 12.9. The molecule has 2 aliphatic heterocycles. The van der Waals surface area contributed by atoms with E-state index >= 15 is 0 Å². The molecule has 1 saturated heterocycles. The summed E-state index contributed by atoms with van der Waals surface area (Å²) in [6, 6.07) is 3.30. The van der Waals surface area contributed by atoms with Gasteiger partial charge in [0.15, 0.2) is 11.5 Å². The van der Waals surface area contributed by atoms with E-state index in [4.69, 9.17) is 25.7 Å². The van der Waals surface area contributed by atoms with Crippen LogP contribution >= 0.6 is 0 Å². The number of carbonyl (C=O) groups is 3. The number of hydrogen-bond donors (Lipinski definition) is 4. The molecule has 2 aromatic carbocycles. The van der Waals surface area contributed by atoms with Crippen LogP contribution < -0.4 is 36.3 Å². The molecule has 58 heavy (non-hydrogen) atoms. The minimum atomic E-state index is -4.13. The van der Waals surface area contributed by atoms with Gasteiger partial charge in [-0.25, -0.2) is 4.79 Å². The number of benzene rings is 2. The van der Waals surface area contributed by atoms with Crippen LogP contribution in [0.15, 0.2) is 21.4 Å². The zero-order chi connectivity index (χ0) is 42.3. The Morgan fingerprint density at radius 3 is 2.57 bits per heavy atom. The second-order valence-electron chi connectivity index (χ2n) is 17.1. The van der Waals surface area contributed by atoms with Crippen molar-refractivity contribution in [3.05, 3.63) is 45.5 Å². The smallest absolute Gasteiger partial charge is 0.415 e. The standard InChI is InChI=1S/C42H61N7O8S/c1-9-49(40(52)56-33-15-12-27-21-32-30-14-13-28(50)22-42(30,16-19-48(32)7)34(27)36(33)55-8)20-18-45-38(51)31(43)11-10-17-46-39(44)47-58(53,54)37-25(3)24(2)35-29(26(37)4)23-41(5,6)57-35/h12,15,30-32H,9-11,13-14,16-23,43H2,1-8H3,(H,45,51)(H3,44,46,47)/t30?,31-,32+,42-/m0/s1. The first-order valence-corrected chi connectivity index (χ1v) is 21.9. The topological polar surface area (TPSA) is 208 Å². The van der Waals surface area contributed by atoms with Crippen molar-refractivity contribution in [2.45, 2.75) is 121 Å². The van der Waals surface area contributed by atoms with Gasteiger partial charge in [0.1, 0.15) is 17.1 Å². The van der Waals surface area contributed by atoms with Crippen molar-refractivity contribution in [3.63, 3.8) is 0 Å². The minimum absolute atomic E-state index is 0.132. The van der Waals surface area contributed by atoms with Gasteiger partial charge >= 0.3 is 6.09 Å². The first kappa shape index (κ1) is 43.2. The van der Waals surface area contributed by atoms with Crippen LogP contribution in [0.5, 0.6) is 17.2 Å². The lowest BCUT2D eigenvalue weighted by molar-refractivity contribution is -0.127. The average Bonchev–Trinajstić information content (AvgIpc) is 3.50. The molecule has 16 heteroatoms. The van der Waals surface area contributed by atoms with Gasteiger partial charge in [-0.15, -0.1) is 4.40 Å². The summed E-state index contributed by atoms with van der Waals surface area (Å²) < 4.78 is 48.8. The van der Waals surface area contributed by atoms with Gasteiger partial charge in [-0.3, -0.25) is 9.59 Å². The van der Waals surface area contributed by atoms with E-state index < -0.39 is 27.8 Å². The Balaban J connectivity index is 0.993. The molecule has 4 aliphatic rings. The molecule has 15 nitrogen and oxygen atoms in total. The SMILES string of the molecule is CCN(CCNC(=O)[C@@H](N)CCCN/C(N)=N\S(=O)(=O)c1c(C)c(C)c2c(c1C)CC(C)(C)O2)C(=O)Oc1ccc2c(c1OC)[C@]13CCN(C)[C@H](C2)C1CCC(=O)C3. The Morgan fingerprint density at radius 1 is 1.12 bits per heavy atom. The molecule has 4 atom stereocenters. The molecule has 2 amide bonds. The van der Waals surface area contributed by atoms with E-state index in [0.29, 0.717) is 73.2 Å². The summed E-state index contributed by atoms with van der Waals surface area (Å²) in [7, 11) is -0.383. The molecule has 0 aromatic heterocycles. The number of nitrogens with two attached hydrogens (primary N) is 2. The predicted octanol–water partition coefficient (Wildman–Crippen LogP) is 3.54. The number of amides is 2. The lowest BCUT2D eigenvalue weighted by Gasteiger charge is -2.58. The number of nitrogens with one attached hydrogen (secondary N) is 2. The second kappa shape index (κ2) is 16.7. The van der Waals surface area contributed by atoms with Crippen LogP contribution in [0.25, 0.3) is 0 Å². The Bertz CT molecular complexity index is 2100. The van der Waals surface area contributed by atoms with E-state index in [0.717, 1.165) is 53.8 Å². The number of methoxy groups -OCH3 is 1. The van der Waals surface area contributed by atoms with Crippen LogP contribution in [0.4, 0.5) is 4.79 Å². The van der Waals surface area contributed by atoms with Gasteiger partial charge in [0.05, 0.1) is 18.0 Å². The Morgan fingerprint density at radius 2 is 1.86 bits per heavy atom. The van der Waals surface area contributed by atoms with Crippen molar-refractivity contribution in [1.82, 2.24) is 20.4 Å². The third kappa shape index (κ3) is 8.24.